The van der Waals surface area contributed by atoms with Crippen molar-refractivity contribution in [1.29, 1.82) is 0 Å². The zero-order valence-corrected chi connectivity index (χ0v) is 17.0. The van der Waals surface area contributed by atoms with E-state index in [1.807, 2.05) is 30.3 Å². The monoisotopic (exact) mass is 418 g/mol. The van der Waals surface area contributed by atoms with Crippen LogP contribution in [0.4, 0.5) is 16.2 Å². The summed E-state index contributed by atoms with van der Waals surface area (Å²) in [6.45, 7) is 1.92. The molecule has 5 rings (SSSR count). The van der Waals surface area contributed by atoms with Crippen LogP contribution >= 0.6 is 0 Å². The maximum atomic E-state index is 13.5. The molecule has 1 atom stereocenters. The summed E-state index contributed by atoms with van der Waals surface area (Å²) < 4.78 is 20.9. The van der Waals surface area contributed by atoms with Gasteiger partial charge in [-0.2, -0.15) is 4.98 Å². The third-order valence-corrected chi connectivity index (χ3v) is 5.44. The Hall–Kier alpha value is -3.52. The number of ether oxygens (including phenoxy) is 1. The lowest BCUT2D eigenvalue weighted by atomic mass is 10.1. The van der Waals surface area contributed by atoms with Gasteiger partial charge in [-0.3, -0.25) is 0 Å². The van der Waals surface area contributed by atoms with Crippen LogP contribution in [0.25, 0.3) is 22.3 Å². The summed E-state index contributed by atoms with van der Waals surface area (Å²) in [4.78, 5) is 9.31. The Morgan fingerprint density at radius 3 is 2.65 bits per heavy atom. The molecule has 8 heteroatoms. The smallest absolute Gasteiger partial charge is 0.225 e. The number of nitrogen functional groups attached to an aromatic ring is 1. The lowest BCUT2D eigenvalue weighted by Gasteiger charge is -2.12. The highest BCUT2D eigenvalue weighted by Gasteiger charge is 2.20. The molecule has 1 aliphatic rings. The quantitative estimate of drug-likeness (QED) is 0.494. The van der Waals surface area contributed by atoms with Crippen molar-refractivity contribution in [3.05, 3.63) is 66.0 Å². The summed E-state index contributed by atoms with van der Waals surface area (Å²) in [5.41, 5.74) is 9.43. The number of nitrogens with two attached hydrogens (primary N) is 1. The van der Waals surface area contributed by atoms with Crippen molar-refractivity contribution in [3.8, 4) is 11.3 Å². The van der Waals surface area contributed by atoms with Gasteiger partial charge in [-0.25, -0.2) is 14.1 Å². The van der Waals surface area contributed by atoms with Crippen molar-refractivity contribution in [2.75, 3.05) is 24.2 Å². The fraction of sp³-hybridized carbons (Fsp3) is 0.261. The number of hydrogen-bond donors (Lipinski definition) is 2. The number of nitrogens with one attached hydrogen (secondary N) is 1. The molecule has 2 aromatic carbocycles. The number of nitrogens with zero attached hydrogens (tertiary/aromatic N) is 4. The fourth-order valence-corrected chi connectivity index (χ4v) is 3.84. The van der Waals surface area contributed by atoms with E-state index < -0.39 is 0 Å². The summed E-state index contributed by atoms with van der Waals surface area (Å²) in [6, 6.07) is 16.2. The number of benzene rings is 2. The molecule has 0 bridgehead atoms. The van der Waals surface area contributed by atoms with E-state index in [4.69, 9.17) is 15.5 Å². The molecule has 1 saturated heterocycles. The first kappa shape index (κ1) is 19.4. The van der Waals surface area contributed by atoms with E-state index >= 15 is 0 Å². The van der Waals surface area contributed by atoms with Gasteiger partial charge in [0.25, 0.3) is 0 Å². The normalized spacial score (nSPS) is 16.1. The molecule has 2 aromatic heterocycles. The highest BCUT2D eigenvalue weighted by atomic mass is 19.1. The van der Waals surface area contributed by atoms with Crippen LogP contribution < -0.4 is 11.1 Å². The van der Waals surface area contributed by atoms with Gasteiger partial charge in [-0.1, -0.05) is 30.3 Å². The van der Waals surface area contributed by atoms with Crippen LogP contribution in [-0.4, -0.2) is 39.0 Å². The fourth-order valence-electron chi connectivity index (χ4n) is 3.84. The summed E-state index contributed by atoms with van der Waals surface area (Å²) in [6.07, 6.45) is 2.22. The molecule has 0 saturated carbocycles. The first-order valence-electron chi connectivity index (χ1n) is 10.4. The predicted molar refractivity (Wildman–Crippen MR) is 118 cm³/mol. The number of hydrogen-bond acceptors (Lipinski definition) is 6. The average Bonchev–Trinajstić information content (AvgIpc) is 3.41. The first-order chi connectivity index (χ1) is 15.2. The highest BCUT2D eigenvalue weighted by molar-refractivity contribution is 5.98. The zero-order chi connectivity index (χ0) is 21.2. The van der Waals surface area contributed by atoms with Gasteiger partial charge in [0.2, 0.25) is 5.95 Å². The molecule has 0 amide bonds. The molecular weight excluding hydrogens is 395 g/mol. The van der Waals surface area contributed by atoms with Gasteiger partial charge in [-0.15, -0.1) is 5.10 Å². The molecule has 1 fully saturated rings. The molecule has 7 nitrogen and oxygen atoms in total. The Labute approximate surface area is 179 Å². The van der Waals surface area contributed by atoms with E-state index in [-0.39, 0.29) is 11.9 Å². The molecule has 1 aliphatic heterocycles. The Morgan fingerprint density at radius 1 is 1.10 bits per heavy atom. The summed E-state index contributed by atoms with van der Waals surface area (Å²) in [5, 5.41) is 8.57. The second-order valence-corrected chi connectivity index (χ2v) is 7.65. The Morgan fingerprint density at radius 2 is 1.90 bits per heavy atom. The van der Waals surface area contributed by atoms with Crippen LogP contribution in [0.15, 0.2) is 54.6 Å². The summed E-state index contributed by atoms with van der Waals surface area (Å²) in [7, 11) is 0. The van der Waals surface area contributed by atoms with Crippen molar-refractivity contribution in [2.45, 2.75) is 25.5 Å². The lowest BCUT2D eigenvalue weighted by molar-refractivity contribution is 0.120. The molecule has 0 unspecified atom stereocenters. The number of fused-ring (bicyclic) bond motifs is 1. The van der Waals surface area contributed by atoms with E-state index in [1.165, 1.54) is 12.1 Å². The van der Waals surface area contributed by atoms with Gasteiger partial charge < -0.3 is 15.8 Å². The third kappa shape index (κ3) is 4.06. The van der Waals surface area contributed by atoms with Gasteiger partial charge in [0, 0.05) is 18.7 Å². The minimum atomic E-state index is -0.307. The molecule has 158 valence electrons. The molecule has 0 aliphatic carbocycles. The third-order valence-electron chi connectivity index (χ3n) is 5.44. The van der Waals surface area contributed by atoms with Crippen molar-refractivity contribution in [3.63, 3.8) is 0 Å². The largest absolute Gasteiger partial charge is 0.383 e. The minimum absolute atomic E-state index is 0.147. The lowest BCUT2D eigenvalue weighted by Crippen LogP contribution is -2.19. The maximum absolute atomic E-state index is 13.5. The van der Waals surface area contributed by atoms with E-state index in [1.54, 1.807) is 16.8 Å². The number of anilines is 2. The van der Waals surface area contributed by atoms with E-state index in [2.05, 4.69) is 15.4 Å². The molecule has 4 aromatic rings. The second-order valence-electron chi connectivity index (χ2n) is 7.65. The van der Waals surface area contributed by atoms with Crippen LogP contribution in [-0.2, 0) is 11.3 Å². The van der Waals surface area contributed by atoms with E-state index in [0.29, 0.717) is 41.6 Å². The van der Waals surface area contributed by atoms with Crippen molar-refractivity contribution >= 4 is 22.8 Å². The predicted octanol–water partition coefficient (Wildman–Crippen LogP) is 3.85. The van der Waals surface area contributed by atoms with Crippen LogP contribution in [0, 0.1) is 5.82 Å². The molecule has 3 heterocycles. The molecule has 3 N–H and O–H groups in total. The van der Waals surface area contributed by atoms with E-state index in [0.717, 1.165) is 30.6 Å². The number of rotatable bonds is 6. The van der Waals surface area contributed by atoms with Crippen molar-refractivity contribution in [1.82, 2.24) is 19.7 Å². The summed E-state index contributed by atoms with van der Waals surface area (Å²) in [5.74, 6) is 0.620. The van der Waals surface area contributed by atoms with Crippen LogP contribution in [0.3, 0.4) is 0 Å². The first-order valence-corrected chi connectivity index (χ1v) is 10.4. The average molecular weight is 418 g/mol. The van der Waals surface area contributed by atoms with Gasteiger partial charge in [-0.05, 0) is 42.7 Å². The van der Waals surface area contributed by atoms with Crippen molar-refractivity contribution in [2.24, 2.45) is 0 Å². The van der Waals surface area contributed by atoms with Gasteiger partial charge in [0.05, 0.1) is 23.7 Å². The van der Waals surface area contributed by atoms with Crippen LogP contribution in [0.1, 0.15) is 18.4 Å². The number of halogens is 1. The minimum Gasteiger partial charge on any atom is -0.383 e. The van der Waals surface area contributed by atoms with Crippen LogP contribution in [0.2, 0.25) is 0 Å². The Kier molecular flexibility index (Phi) is 5.21. The standard InChI is InChI=1S/C23H23FN6O/c24-17-10-8-16(9-11-17)20-19-21(25)30(14-15-5-2-1-3-6-15)29-22(19)28-23(27-20)26-13-18-7-4-12-31-18/h1-3,5-6,8-11,18H,4,7,12-14,25H2,(H,26,28,29)/t18-/m1/s1. The second kappa shape index (κ2) is 8.31. The van der Waals surface area contributed by atoms with Gasteiger partial charge in [0.15, 0.2) is 5.65 Å². The Balaban J connectivity index is 1.56. The SMILES string of the molecule is Nc1c2c(-c3ccc(F)cc3)nc(NC[C@H]3CCCO3)nc2nn1Cc1ccccc1. The summed E-state index contributed by atoms with van der Waals surface area (Å²) >= 11 is 0. The molecule has 31 heavy (non-hydrogen) atoms. The Bertz CT molecular complexity index is 1190. The maximum Gasteiger partial charge on any atom is 0.225 e. The van der Waals surface area contributed by atoms with Crippen molar-refractivity contribution < 1.29 is 9.13 Å². The highest BCUT2D eigenvalue weighted by Crippen LogP contribution is 2.32. The zero-order valence-electron chi connectivity index (χ0n) is 17.0. The molecule has 0 spiro atoms. The van der Waals surface area contributed by atoms with Gasteiger partial charge >= 0.3 is 0 Å². The number of aromatic nitrogens is 4. The van der Waals surface area contributed by atoms with Gasteiger partial charge in [0.1, 0.15) is 11.6 Å². The molecule has 0 radical (unpaired) electrons. The molecular formula is C23H23FN6O. The topological polar surface area (TPSA) is 90.9 Å². The van der Waals surface area contributed by atoms with Crippen LogP contribution in [0.5, 0.6) is 0 Å². The van der Waals surface area contributed by atoms with E-state index in [9.17, 15) is 4.39 Å².